The minimum Gasteiger partial charge on any atom is -0.489 e. The Bertz CT molecular complexity index is 816. The monoisotopic (exact) mass is 352 g/mol. The maximum Gasteiger partial charge on any atom is 0.254 e. The van der Waals surface area contributed by atoms with E-state index in [1.165, 1.54) is 0 Å². The van der Waals surface area contributed by atoms with E-state index in [2.05, 4.69) is 5.32 Å². The van der Waals surface area contributed by atoms with Crippen molar-refractivity contribution in [1.82, 2.24) is 4.90 Å². The lowest BCUT2D eigenvalue weighted by Crippen LogP contribution is -2.36. The summed E-state index contributed by atoms with van der Waals surface area (Å²) < 4.78 is 5.73. The third-order valence-electron chi connectivity index (χ3n) is 4.39. The Labute approximate surface area is 154 Å². The number of nitrogens with zero attached hydrogens (tertiary/aromatic N) is 1. The van der Waals surface area contributed by atoms with Crippen molar-refractivity contribution in [3.8, 4) is 5.75 Å². The summed E-state index contributed by atoms with van der Waals surface area (Å²) in [6.45, 7) is 6.34. The Morgan fingerprint density at radius 3 is 2.54 bits per heavy atom. The van der Waals surface area contributed by atoms with Gasteiger partial charge >= 0.3 is 0 Å². The lowest BCUT2D eigenvalue weighted by Gasteiger charge is -2.24. The highest BCUT2D eigenvalue weighted by Gasteiger charge is 2.31. The topological polar surface area (TPSA) is 58.6 Å². The predicted molar refractivity (Wildman–Crippen MR) is 101 cm³/mol. The zero-order chi connectivity index (χ0) is 18.7. The summed E-state index contributed by atoms with van der Waals surface area (Å²) in [6.07, 6.45) is 0.253. The third kappa shape index (κ3) is 3.87. The maximum absolute atomic E-state index is 12.5. The summed E-state index contributed by atoms with van der Waals surface area (Å²) in [5, 5.41) is 2.90. The van der Waals surface area contributed by atoms with Gasteiger partial charge < -0.3 is 15.0 Å². The Balaban J connectivity index is 1.64. The van der Waals surface area contributed by atoms with Crippen LogP contribution in [-0.4, -0.2) is 28.9 Å². The number of amides is 2. The average Bonchev–Trinajstić information content (AvgIpc) is 2.93. The molecule has 0 aromatic heterocycles. The normalized spacial score (nSPS) is 14.3. The van der Waals surface area contributed by atoms with Crippen molar-refractivity contribution in [3.05, 3.63) is 59.7 Å². The molecule has 0 radical (unpaired) electrons. The van der Waals surface area contributed by atoms with Crippen LogP contribution in [0.15, 0.2) is 48.5 Å². The van der Waals surface area contributed by atoms with Crippen LogP contribution >= 0.6 is 0 Å². The first-order valence-electron chi connectivity index (χ1n) is 8.90. The van der Waals surface area contributed by atoms with Gasteiger partial charge in [0.15, 0.2) is 0 Å². The van der Waals surface area contributed by atoms with Crippen LogP contribution in [-0.2, 0) is 11.3 Å². The number of carbonyl (C=O) groups excluding carboxylic acids is 2. The first-order valence-corrected chi connectivity index (χ1v) is 8.90. The number of carbonyl (C=O) groups is 2. The molecule has 1 N–H and O–H groups in total. The number of para-hydroxylation sites is 2. The van der Waals surface area contributed by atoms with Crippen molar-refractivity contribution in [2.45, 2.75) is 45.9 Å². The van der Waals surface area contributed by atoms with Gasteiger partial charge in [-0.25, -0.2) is 0 Å². The minimum absolute atomic E-state index is 0.00978. The lowest BCUT2D eigenvalue weighted by atomic mass is 10.1. The molecular weight excluding hydrogens is 328 g/mol. The smallest absolute Gasteiger partial charge is 0.254 e. The van der Waals surface area contributed by atoms with E-state index >= 15 is 0 Å². The van der Waals surface area contributed by atoms with Crippen molar-refractivity contribution < 1.29 is 14.3 Å². The SMILES string of the molecule is CC(C)Oc1ccccc1NC(=O)C[C@@H](C)N1Cc2ccccc2C1=O. The van der Waals surface area contributed by atoms with Crippen LogP contribution in [0.4, 0.5) is 5.69 Å². The molecule has 0 fully saturated rings. The second-order valence-electron chi connectivity index (χ2n) is 6.85. The molecule has 0 saturated heterocycles. The zero-order valence-corrected chi connectivity index (χ0v) is 15.4. The molecule has 0 bridgehead atoms. The first-order chi connectivity index (χ1) is 12.5. The van der Waals surface area contributed by atoms with Crippen LogP contribution in [0.25, 0.3) is 0 Å². The zero-order valence-electron chi connectivity index (χ0n) is 15.4. The second-order valence-corrected chi connectivity index (χ2v) is 6.85. The second kappa shape index (κ2) is 7.60. The number of nitrogens with one attached hydrogen (secondary N) is 1. The first kappa shape index (κ1) is 18.0. The van der Waals surface area contributed by atoms with E-state index in [9.17, 15) is 9.59 Å². The van der Waals surface area contributed by atoms with Crippen LogP contribution in [0.5, 0.6) is 5.75 Å². The van der Waals surface area contributed by atoms with Gasteiger partial charge in [-0.3, -0.25) is 9.59 Å². The molecule has 0 saturated carbocycles. The number of fused-ring (bicyclic) bond motifs is 1. The number of hydrogen-bond donors (Lipinski definition) is 1. The molecule has 1 aliphatic rings. The molecule has 1 atom stereocenters. The minimum atomic E-state index is -0.187. The van der Waals surface area contributed by atoms with Crippen LogP contribution in [0, 0.1) is 0 Å². The van der Waals surface area contributed by atoms with Gasteiger partial charge in [-0.1, -0.05) is 30.3 Å². The summed E-state index contributed by atoms with van der Waals surface area (Å²) in [6, 6.07) is 14.8. The molecule has 1 aliphatic heterocycles. The van der Waals surface area contributed by atoms with Gasteiger partial charge in [0.1, 0.15) is 5.75 Å². The summed E-state index contributed by atoms with van der Waals surface area (Å²) in [5.41, 5.74) is 2.39. The standard InChI is InChI=1S/C21H24N2O3/c1-14(2)26-19-11-7-6-10-18(19)22-20(24)12-15(3)23-13-16-8-4-5-9-17(16)21(23)25/h4-11,14-15H,12-13H2,1-3H3,(H,22,24)/t15-/m1/s1. The number of ether oxygens (including phenoxy) is 1. The molecule has 0 aliphatic carbocycles. The van der Waals surface area contributed by atoms with Crippen LogP contribution in [0.2, 0.25) is 0 Å². The van der Waals surface area contributed by atoms with Crippen LogP contribution < -0.4 is 10.1 Å². The van der Waals surface area contributed by atoms with Gasteiger partial charge in [0.05, 0.1) is 11.8 Å². The Hall–Kier alpha value is -2.82. The van der Waals surface area contributed by atoms with Gasteiger partial charge in [0.25, 0.3) is 5.91 Å². The molecule has 136 valence electrons. The highest BCUT2D eigenvalue weighted by atomic mass is 16.5. The third-order valence-corrected chi connectivity index (χ3v) is 4.39. The van der Waals surface area contributed by atoms with Gasteiger partial charge in [0, 0.05) is 24.6 Å². The van der Waals surface area contributed by atoms with Gasteiger partial charge in [0.2, 0.25) is 5.91 Å². The average molecular weight is 352 g/mol. The van der Waals surface area contributed by atoms with E-state index in [1.807, 2.05) is 69.3 Å². The number of anilines is 1. The molecule has 2 aromatic carbocycles. The predicted octanol–water partition coefficient (Wildman–Crippen LogP) is 3.85. The molecular formula is C21H24N2O3. The van der Waals surface area contributed by atoms with Gasteiger partial charge in [-0.15, -0.1) is 0 Å². The Morgan fingerprint density at radius 2 is 1.81 bits per heavy atom. The largest absolute Gasteiger partial charge is 0.489 e. The van der Waals surface area contributed by atoms with E-state index in [1.54, 1.807) is 4.90 Å². The maximum atomic E-state index is 12.5. The highest BCUT2D eigenvalue weighted by molar-refractivity contribution is 5.99. The molecule has 2 aromatic rings. The molecule has 0 unspecified atom stereocenters. The summed E-state index contributed by atoms with van der Waals surface area (Å²) in [5.74, 6) is 0.499. The van der Waals surface area contributed by atoms with Crippen molar-refractivity contribution in [2.24, 2.45) is 0 Å². The van der Waals surface area contributed by atoms with E-state index in [0.29, 0.717) is 18.0 Å². The Kier molecular flexibility index (Phi) is 5.26. The van der Waals surface area contributed by atoms with E-state index in [4.69, 9.17) is 4.74 Å². The quantitative estimate of drug-likeness (QED) is 0.859. The van der Waals surface area contributed by atoms with E-state index in [-0.39, 0.29) is 30.4 Å². The summed E-state index contributed by atoms with van der Waals surface area (Å²) in [7, 11) is 0. The molecule has 2 amide bonds. The molecule has 5 nitrogen and oxygen atoms in total. The van der Waals surface area contributed by atoms with E-state index in [0.717, 1.165) is 11.1 Å². The molecule has 26 heavy (non-hydrogen) atoms. The van der Waals surface area contributed by atoms with Crippen LogP contribution in [0.3, 0.4) is 0 Å². The fourth-order valence-corrected chi connectivity index (χ4v) is 3.14. The molecule has 0 spiro atoms. The number of hydrogen-bond acceptors (Lipinski definition) is 3. The van der Waals surface area contributed by atoms with Gasteiger partial charge in [-0.2, -0.15) is 0 Å². The Morgan fingerprint density at radius 1 is 1.12 bits per heavy atom. The molecule has 3 rings (SSSR count). The van der Waals surface area contributed by atoms with Crippen molar-refractivity contribution in [1.29, 1.82) is 0 Å². The van der Waals surface area contributed by atoms with Crippen molar-refractivity contribution in [3.63, 3.8) is 0 Å². The lowest BCUT2D eigenvalue weighted by molar-refractivity contribution is -0.117. The van der Waals surface area contributed by atoms with Crippen molar-refractivity contribution in [2.75, 3.05) is 5.32 Å². The summed E-state index contributed by atoms with van der Waals surface area (Å²) in [4.78, 5) is 26.8. The van der Waals surface area contributed by atoms with Gasteiger partial charge in [-0.05, 0) is 44.5 Å². The number of rotatable bonds is 6. The molecule has 1 heterocycles. The summed E-state index contributed by atoms with van der Waals surface area (Å²) >= 11 is 0. The number of benzene rings is 2. The fraction of sp³-hybridized carbons (Fsp3) is 0.333. The van der Waals surface area contributed by atoms with Crippen molar-refractivity contribution >= 4 is 17.5 Å². The molecule has 5 heteroatoms. The fourth-order valence-electron chi connectivity index (χ4n) is 3.14. The van der Waals surface area contributed by atoms with Crippen LogP contribution in [0.1, 0.15) is 43.1 Å². The highest BCUT2D eigenvalue weighted by Crippen LogP contribution is 2.27. The van der Waals surface area contributed by atoms with E-state index < -0.39 is 0 Å².